The molecule has 2 heterocycles. The fourth-order valence-corrected chi connectivity index (χ4v) is 4.53. The quantitative estimate of drug-likeness (QED) is 0.569. The number of benzene rings is 1. The van der Waals surface area contributed by atoms with Crippen LogP contribution in [0.2, 0.25) is 0 Å². The highest BCUT2D eigenvalue weighted by atomic mass is 32.1. The summed E-state index contributed by atoms with van der Waals surface area (Å²) in [4.78, 5) is 2.87. The molecular formula is C18H14S2. The van der Waals surface area contributed by atoms with Crippen LogP contribution >= 0.6 is 22.7 Å². The maximum atomic E-state index is 2.38. The lowest BCUT2D eigenvalue weighted by Gasteiger charge is -2.25. The first-order valence-electron chi connectivity index (χ1n) is 6.78. The van der Waals surface area contributed by atoms with Crippen LogP contribution in [0.15, 0.2) is 59.3 Å². The molecule has 0 saturated carbocycles. The van der Waals surface area contributed by atoms with E-state index in [2.05, 4.69) is 65.4 Å². The molecule has 0 spiro atoms. The SMILES string of the molecule is C1=C(c2cccs2)C(c2cccs2)Cc2ccccc21. The van der Waals surface area contributed by atoms with E-state index in [1.807, 2.05) is 22.7 Å². The van der Waals surface area contributed by atoms with Crippen molar-refractivity contribution in [1.29, 1.82) is 0 Å². The summed E-state index contributed by atoms with van der Waals surface area (Å²) in [5, 5.41) is 4.35. The molecule has 2 heteroatoms. The van der Waals surface area contributed by atoms with Gasteiger partial charge in [0.15, 0.2) is 0 Å². The van der Waals surface area contributed by atoms with Crippen LogP contribution in [0.25, 0.3) is 11.6 Å². The van der Waals surface area contributed by atoms with Crippen LogP contribution in [-0.2, 0) is 6.42 Å². The van der Waals surface area contributed by atoms with E-state index in [4.69, 9.17) is 0 Å². The number of fused-ring (bicyclic) bond motifs is 1. The molecule has 0 nitrogen and oxygen atoms in total. The Morgan fingerprint density at radius 3 is 2.50 bits per heavy atom. The van der Waals surface area contributed by atoms with E-state index in [0.29, 0.717) is 5.92 Å². The molecule has 0 amide bonds. The Balaban J connectivity index is 1.87. The maximum Gasteiger partial charge on any atom is 0.0309 e. The fourth-order valence-electron chi connectivity index (χ4n) is 2.89. The Bertz CT molecular complexity index is 734. The Morgan fingerprint density at radius 2 is 1.70 bits per heavy atom. The van der Waals surface area contributed by atoms with Crippen LogP contribution in [-0.4, -0.2) is 0 Å². The van der Waals surface area contributed by atoms with E-state index >= 15 is 0 Å². The molecule has 1 aromatic carbocycles. The molecular weight excluding hydrogens is 280 g/mol. The minimum atomic E-state index is 0.503. The van der Waals surface area contributed by atoms with E-state index in [-0.39, 0.29) is 0 Å². The van der Waals surface area contributed by atoms with E-state index in [9.17, 15) is 0 Å². The number of hydrogen-bond donors (Lipinski definition) is 0. The third kappa shape index (κ3) is 2.05. The van der Waals surface area contributed by atoms with Crippen molar-refractivity contribution in [3.05, 3.63) is 80.2 Å². The predicted molar refractivity (Wildman–Crippen MR) is 89.4 cm³/mol. The van der Waals surface area contributed by atoms with Gasteiger partial charge in [0.05, 0.1) is 0 Å². The first-order valence-corrected chi connectivity index (χ1v) is 8.54. The van der Waals surface area contributed by atoms with E-state index in [0.717, 1.165) is 6.42 Å². The minimum absolute atomic E-state index is 0.503. The summed E-state index contributed by atoms with van der Waals surface area (Å²) in [6.07, 6.45) is 3.50. The van der Waals surface area contributed by atoms with Crippen LogP contribution in [0, 0.1) is 0 Å². The largest absolute Gasteiger partial charge is 0.148 e. The van der Waals surface area contributed by atoms with Crippen molar-refractivity contribution < 1.29 is 0 Å². The second-order valence-electron chi connectivity index (χ2n) is 5.05. The second-order valence-corrected chi connectivity index (χ2v) is 6.97. The average Bonchev–Trinajstić information content (AvgIpc) is 3.19. The monoisotopic (exact) mass is 294 g/mol. The van der Waals surface area contributed by atoms with Gasteiger partial charge < -0.3 is 0 Å². The van der Waals surface area contributed by atoms with Crippen LogP contribution in [0.1, 0.15) is 26.8 Å². The normalized spacial score (nSPS) is 17.6. The van der Waals surface area contributed by atoms with Gasteiger partial charge in [-0.3, -0.25) is 0 Å². The van der Waals surface area contributed by atoms with Gasteiger partial charge >= 0.3 is 0 Å². The summed E-state index contributed by atoms with van der Waals surface area (Å²) in [7, 11) is 0. The standard InChI is InChI=1S/C18H14S2/c1-2-6-14-12-16(18-8-4-10-20-18)15(11-13(14)5-1)17-7-3-9-19-17/h1-11,16H,12H2. The molecule has 4 rings (SSSR count). The molecule has 0 fully saturated rings. The summed E-state index contributed by atoms with van der Waals surface area (Å²) in [5.74, 6) is 0.503. The highest BCUT2D eigenvalue weighted by Crippen LogP contribution is 2.43. The molecule has 98 valence electrons. The summed E-state index contributed by atoms with van der Waals surface area (Å²) in [6, 6.07) is 17.6. The van der Waals surface area contributed by atoms with E-state index < -0.39 is 0 Å². The van der Waals surface area contributed by atoms with Gasteiger partial charge in [0.2, 0.25) is 0 Å². The van der Waals surface area contributed by atoms with Crippen LogP contribution in [0.4, 0.5) is 0 Å². The molecule has 0 N–H and O–H groups in total. The zero-order chi connectivity index (χ0) is 13.4. The molecule has 1 aliphatic rings. The Hall–Kier alpha value is -1.64. The lowest BCUT2D eigenvalue weighted by molar-refractivity contribution is 0.865. The molecule has 1 aliphatic carbocycles. The summed E-state index contributed by atoms with van der Waals surface area (Å²) >= 11 is 3.71. The maximum absolute atomic E-state index is 2.38. The van der Waals surface area contributed by atoms with Gasteiger partial charge in [-0.25, -0.2) is 0 Å². The third-order valence-corrected chi connectivity index (χ3v) is 5.76. The predicted octanol–water partition coefficient (Wildman–Crippen LogP) is 5.69. The molecule has 20 heavy (non-hydrogen) atoms. The van der Waals surface area contributed by atoms with Gasteiger partial charge in [-0.1, -0.05) is 36.4 Å². The van der Waals surface area contributed by atoms with Crippen molar-refractivity contribution in [2.24, 2.45) is 0 Å². The van der Waals surface area contributed by atoms with Gasteiger partial charge in [-0.2, -0.15) is 0 Å². The Labute approximate surface area is 127 Å². The third-order valence-electron chi connectivity index (χ3n) is 3.86. The summed E-state index contributed by atoms with van der Waals surface area (Å²) in [5.41, 5.74) is 4.32. The van der Waals surface area contributed by atoms with Crippen molar-refractivity contribution in [3.8, 4) is 0 Å². The van der Waals surface area contributed by atoms with Gasteiger partial charge in [0, 0.05) is 15.7 Å². The van der Waals surface area contributed by atoms with Crippen LogP contribution in [0.5, 0.6) is 0 Å². The molecule has 3 aromatic rings. The highest BCUT2D eigenvalue weighted by molar-refractivity contribution is 7.11. The van der Waals surface area contributed by atoms with Crippen molar-refractivity contribution >= 4 is 34.3 Å². The second kappa shape index (κ2) is 5.04. The Kier molecular flexibility index (Phi) is 3.06. The molecule has 0 saturated heterocycles. The molecule has 1 atom stereocenters. The lowest BCUT2D eigenvalue weighted by Crippen LogP contribution is -2.09. The van der Waals surface area contributed by atoms with Gasteiger partial charge in [-0.05, 0) is 52.1 Å². The number of hydrogen-bond acceptors (Lipinski definition) is 2. The number of rotatable bonds is 2. The molecule has 0 aliphatic heterocycles. The summed E-state index contributed by atoms with van der Waals surface area (Å²) < 4.78 is 0. The summed E-state index contributed by atoms with van der Waals surface area (Å²) in [6.45, 7) is 0. The van der Waals surface area contributed by atoms with Gasteiger partial charge in [-0.15, -0.1) is 22.7 Å². The Morgan fingerprint density at radius 1 is 0.850 bits per heavy atom. The minimum Gasteiger partial charge on any atom is -0.148 e. The molecule has 2 aromatic heterocycles. The van der Waals surface area contributed by atoms with Gasteiger partial charge in [0.25, 0.3) is 0 Å². The van der Waals surface area contributed by atoms with Crippen LogP contribution < -0.4 is 0 Å². The van der Waals surface area contributed by atoms with Crippen molar-refractivity contribution in [2.75, 3.05) is 0 Å². The lowest BCUT2D eigenvalue weighted by atomic mass is 9.82. The van der Waals surface area contributed by atoms with Crippen molar-refractivity contribution in [1.82, 2.24) is 0 Å². The molecule has 1 unspecified atom stereocenters. The van der Waals surface area contributed by atoms with E-state index in [1.54, 1.807) is 0 Å². The number of allylic oxidation sites excluding steroid dienone is 1. The van der Waals surface area contributed by atoms with Crippen molar-refractivity contribution in [2.45, 2.75) is 12.3 Å². The van der Waals surface area contributed by atoms with E-state index in [1.165, 1.54) is 26.5 Å². The fraction of sp³-hybridized carbons (Fsp3) is 0.111. The first-order chi connectivity index (χ1) is 9.92. The zero-order valence-electron chi connectivity index (χ0n) is 11.0. The topological polar surface area (TPSA) is 0 Å². The molecule has 0 radical (unpaired) electrons. The first kappa shape index (κ1) is 12.1. The zero-order valence-corrected chi connectivity index (χ0v) is 12.6. The van der Waals surface area contributed by atoms with Crippen LogP contribution in [0.3, 0.4) is 0 Å². The van der Waals surface area contributed by atoms with Gasteiger partial charge in [0.1, 0.15) is 0 Å². The smallest absolute Gasteiger partial charge is 0.0309 e. The average molecular weight is 294 g/mol. The van der Waals surface area contributed by atoms with Crippen molar-refractivity contribution in [3.63, 3.8) is 0 Å². The molecule has 0 bridgehead atoms. The highest BCUT2D eigenvalue weighted by Gasteiger charge is 2.25. The number of thiophene rings is 2.